The number of benzene rings is 2. The van der Waals surface area contributed by atoms with Gasteiger partial charge in [-0.25, -0.2) is 23.4 Å². The molecule has 120 valence electrons. The van der Waals surface area contributed by atoms with Crippen LogP contribution in [0.5, 0.6) is 0 Å². The molecule has 0 saturated carbocycles. The van der Waals surface area contributed by atoms with Crippen LogP contribution in [0, 0.1) is 5.82 Å². The van der Waals surface area contributed by atoms with Gasteiger partial charge in [0.15, 0.2) is 0 Å². The van der Waals surface area contributed by atoms with Gasteiger partial charge in [0, 0.05) is 6.42 Å². The van der Waals surface area contributed by atoms with E-state index in [0.717, 1.165) is 11.6 Å². The van der Waals surface area contributed by atoms with Gasteiger partial charge in [-0.1, -0.05) is 30.3 Å². The largest absolute Gasteiger partial charge is 0.258 e. The zero-order valence-corrected chi connectivity index (χ0v) is 12.9. The van der Waals surface area contributed by atoms with Crippen molar-refractivity contribution in [3.05, 3.63) is 59.9 Å². The third-order valence-corrected chi connectivity index (χ3v) is 4.35. The highest BCUT2D eigenvalue weighted by molar-refractivity contribution is 7.89. The van der Waals surface area contributed by atoms with Gasteiger partial charge in [-0.3, -0.25) is 10.0 Å². The predicted octanol–water partition coefficient (Wildman–Crippen LogP) is 1.40. The summed E-state index contributed by atoms with van der Waals surface area (Å²) in [5.74, 6) is -0.0369. The number of hydrogen-bond donors (Lipinski definition) is 2. The molecule has 1 heterocycles. The first-order valence-corrected chi connectivity index (χ1v) is 8.43. The number of rotatable bonds is 4. The lowest BCUT2D eigenvalue weighted by Crippen LogP contribution is -2.38. The van der Waals surface area contributed by atoms with Gasteiger partial charge in [0.2, 0.25) is 10.0 Å². The molecule has 8 heteroatoms. The number of anilines is 1. The first-order chi connectivity index (χ1) is 10.9. The number of halogens is 1. The van der Waals surface area contributed by atoms with Crippen molar-refractivity contribution in [2.75, 3.05) is 11.7 Å². The summed E-state index contributed by atoms with van der Waals surface area (Å²) in [6.45, 7) is 0.332. The van der Waals surface area contributed by atoms with E-state index in [9.17, 15) is 12.8 Å². The summed E-state index contributed by atoms with van der Waals surface area (Å²) in [4.78, 5) is 4.06. The van der Waals surface area contributed by atoms with Crippen molar-refractivity contribution < 1.29 is 12.8 Å². The van der Waals surface area contributed by atoms with E-state index < -0.39 is 15.8 Å². The zero-order valence-electron chi connectivity index (χ0n) is 12.1. The van der Waals surface area contributed by atoms with Crippen molar-refractivity contribution in [1.29, 1.82) is 0 Å². The lowest BCUT2D eigenvalue weighted by molar-refractivity contribution is 0.591. The Hall–Kier alpha value is -2.29. The van der Waals surface area contributed by atoms with Gasteiger partial charge in [-0.15, -0.1) is 0 Å². The highest BCUT2D eigenvalue weighted by atomic mass is 32.2. The molecule has 0 unspecified atom stereocenters. The monoisotopic (exact) mass is 334 g/mol. The number of amidine groups is 1. The molecule has 0 fully saturated rings. The molecule has 0 spiro atoms. The molecule has 0 bridgehead atoms. The van der Waals surface area contributed by atoms with Gasteiger partial charge < -0.3 is 0 Å². The van der Waals surface area contributed by atoms with Crippen LogP contribution in [0.3, 0.4) is 0 Å². The molecule has 0 aromatic heterocycles. The smallest absolute Gasteiger partial charge is 0.238 e. The van der Waals surface area contributed by atoms with Gasteiger partial charge in [-0.2, -0.15) is 0 Å². The molecule has 23 heavy (non-hydrogen) atoms. The Morgan fingerprint density at radius 2 is 1.96 bits per heavy atom. The minimum absolute atomic E-state index is 0.199. The van der Waals surface area contributed by atoms with Crippen LogP contribution < -0.4 is 15.6 Å². The van der Waals surface area contributed by atoms with Crippen molar-refractivity contribution in [2.45, 2.75) is 11.3 Å². The molecule has 0 saturated heterocycles. The second kappa shape index (κ2) is 6.07. The minimum Gasteiger partial charge on any atom is -0.258 e. The number of nitrogens with zero attached hydrogens (tertiary/aromatic N) is 2. The highest BCUT2D eigenvalue weighted by Crippen LogP contribution is 2.23. The van der Waals surface area contributed by atoms with Crippen molar-refractivity contribution >= 4 is 21.5 Å². The fourth-order valence-corrected chi connectivity index (χ4v) is 2.87. The quantitative estimate of drug-likeness (QED) is 0.885. The number of hydrogen-bond acceptors (Lipinski definition) is 5. The lowest BCUT2D eigenvalue weighted by Gasteiger charge is -2.21. The molecule has 0 aliphatic carbocycles. The molecule has 2 aromatic carbocycles. The first kappa shape index (κ1) is 15.6. The number of aliphatic imine (C=N–C) groups is 1. The summed E-state index contributed by atoms with van der Waals surface area (Å²) in [7, 11) is -3.94. The normalized spacial score (nSPS) is 14.9. The Morgan fingerprint density at radius 3 is 2.61 bits per heavy atom. The molecule has 0 atom stereocenters. The summed E-state index contributed by atoms with van der Waals surface area (Å²) in [6, 6.07) is 13.2. The molecule has 1 aliphatic rings. The van der Waals surface area contributed by atoms with Gasteiger partial charge in [0.1, 0.15) is 18.3 Å². The van der Waals surface area contributed by atoms with Crippen molar-refractivity contribution in [2.24, 2.45) is 10.1 Å². The number of nitrogens with one attached hydrogen (secondary N) is 1. The number of nitrogens with two attached hydrogens (primary N) is 1. The topological polar surface area (TPSA) is 87.8 Å². The Bertz CT molecular complexity index is 853. The lowest BCUT2D eigenvalue weighted by atomic mass is 10.1. The molecule has 6 nitrogen and oxygen atoms in total. The van der Waals surface area contributed by atoms with Crippen LogP contribution in [0.2, 0.25) is 0 Å². The van der Waals surface area contributed by atoms with Crippen LogP contribution in [0.25, 0.3) is 0 Å². The third kappa shape index (κ3) is 3.39. The van der Waals surface area contributed by atoms with Gasteiger partial charge in [0.25, 0.3) is 0 Å². The maximum absolute atomic E-state index is 14.3. The summed E-state index contributed by atoms with van der Waals surface area (Å²) in [6.07, 6.45) is 0.532. The van der Waals surface area contributed by atoms with E-state index in [1.54, 1.807) is 0 Å². The predicted molar refractivity (Wildman–Crippen MR) is 85.8 cm³/mol. The Kier molecular flexibility index (Phi) is 4.12. The van der Waals surface area contributed by atoms with Crippen LogP contribution >= 0.6 is 0 Å². The molecule has 0 radical (unpaired) electrons. The summed E-state index contributed by atoms with van der Waals surface area (Å²) in [5.41, 5.74) is 4.19. The van der Waals surface area contributed by atoms with Crippen LogP contribution in [-0.4, -0.2) is 20.9 Å². The van der Waals surface area contributed by atoms with Crippen LogP contribution in [-0.2, 0) is 16.4 Å². The number of sulfonamides is 1. The Balaban J connectivity index is 1.88. The SMILES string of the molecule is NS(=O)(=O)c1ccc(N2NCN=C2Cc2ccccc2)c(F)c1. The van der Waals surface area contributed by atoms with E-state index in [1.165, 1.54) is 17.1 Å². The minimum atomic E-state index is -3.94. The second-order valence-electron chi connectivity index (χ2n) is 5.05. The fraction of sp³-hybridized carbons (Fsp3) is 0.133. The maximum atomic E-state index is 14.3. The summed E-state index contributed by atoms with van der Waals surface area (Å²) < 4.78 is 36.9. The Morgan fingerprint density at radius 1 is 1.22 bits per heavy atom. The van der Waals surface area contributed by atoms with E-state index in [4.69, 9.17) is 5.14 Å². The molecule has 3 rings (SSSR count). The van der Waals surface area contributed by atoms with E-state index in [0.29, 0.717) is 18.9 Å². The summed E-state index contributed by atoms with van der Waals surface area (Å²) in [5, 5.41) is 6.53. The highest BCUT2D eigenvalue weighted by Gasteiger charge is 2.22. The fourth-order valence-electron chi connectivity index (χ4n) is 2.34. The molecule has 3 N–H and O–H groups in total. The Labute approximate surface area is 133 Å². The van der Waals surface area contributed by atoms with Crippen LogP contribution in [0.4, 0.5) is 10.1 Å². The van der Waals surface area contributed by atoms with E-state index >= 15 is 0 Å². The van der Waals surface area contributed by atoms with Crippen LogP contribution in [0.1, 0.15) is 5.56 Å². The van der Waals surface area contributed by atoms with Crippen molar-refractivity contribution in [1.82, 2.24) is 5.43 Å². The number of primary sulfonamides is 1. The van der Waals surface area contributed by atoms with Gasteiger partial charge in [-0.05, 0) is 23.8 Å². The molecular formula is C15H15FN4O2S. The van der Waals surface area contributed by atoms with Crippen LogP contribution in [0.15, 0.2) is 58.4 Å². The molecule has 1 aliphatic heterocycles. The average Bonchev–Trinajstić information content (AvgIpc) is 2.95. The maximum Gasteiger partial charge on any atom is 0.238 e. The van der Waals surface area contributed by atoms with E-state index in [2.05, 4.69) is 10.4 Å². The van der Waals surface area contributed by atoms with Gasteiger partial charge in [0.05, 0.1) is 10.6 Å². The standard InChI is InChI=1S/C15H15FN4O2S/c16-13-9-12(23(17,21)22)6-7-14(13)20-15(18-10-19-20)8-11-4-2-1-3-5-11/h1-7,9,19H,8,10H2,(H2,17,21,22). The second-order valence-corrected chi connectivity index (χ2v) is 6.61. The molecule has 0 amide bonds. The van der Waals surface area contributed by atoms with Gasteiger partial charge >= 0.3 is 0 Å². The van der Waals surface area contributed by atoms with Crippen molar-refractivity contribution in [3.8, 4) is 0 Å². The average molecular weight is 334 g/mol. The van der Waals surface area contributed by atoms with E-state index in [-0.39, 0.29) is 10.6 Å². The molecule has 2 aromatic rings. The van der Waals surface area contributed by atoms with Crippen molar-refractivity contribution in [3.63, 3.8) is 0 Å². The summed E-state index contributed by atoms with van der Waals surface area (Å²) >= 11 is 0. The third-order valence-electron chi connectivity index (χ3n) is 3.44. The first-order valence-electron chi connectivity index (χ1n) is 6.88. The van der Waals surface area contributed by atoms with E-state index in [1.807, 2.05) is 30.3 Å². The molecular weight excluding hydrogens is 319 g/mol. The number of hydrazine groups is 1. The zero-order chi connectivity index (χ0) is 16.4.